The van der Waals surface area contributed by atoms with Gasteiger partial charge in [-0.1, -0.05) is 6.07 Å². The lowest BCUT2D eigenvalue weighted by Gasteiger charge is -2.27. The fraction of sp³-hybridized carbons (Fsp3) is 0.474. The normalized spacial score (nSPS) is 15.6. The number of pyridine rings is 1. The van der Waals surface area contributed by atoms with Gasteiger partial charge >= 0.3 is 6.03 Å². The minimum Gasteiger partial charge on any atom is -0.469 e. The number of nitrogens with zero attached hydrogens (tertiary/aromatic N) is 2. The summed E-state index contributed by atoms with van der Waals surface area (Å²) in [5.41, 5.74) is 0.995. The Hall–Kier alpha value is -2.50. The molecule has 1 aliphatic heterocycles. The van der Waals surface area contributed by atoms with Crippen LogP contribution in [0.1, 0.15) is 37.5 Å². The molecule has 0 unspecified atom stereocenters. The molecule has 2 N–H and O–H groups in total. The highest BCUT2D eigenvalue weighted by Gasteiger charge is 2.12. The zero-order valence-corrected chi connectivity index (χ0v) is 14.7. The Morgan fingerprint density at radius 3 is 2.80 bits per heavy atom. The summed E-state index contributed by atoms with van der Waals surface area (Å²) in [7, 11) is 0. The monoisotopic (exact) mass is 342 g/mol. The molecular formula is C19H26N4O2. The summed E-state index contributed by atoms with van der Waals surface area (Å²) in [5, 5.41) is 5.79. The Morgan fingerprint density at radius 1 is 1.28 bits per heavy atom. The lowest BCUT2D eigenvalue weighted by molar-refractivity contribution is 0.237. The highest BCUT2D eigenvalue weighted by molar-refractivity contribution is 5.74. The maximum absolute atomic E-state index is 12.0. The largest absolute Gasteiger partial charge is 0.469 e. The molecule has 6 heteroatoms. The van der Waals surface area contributed by atoms with E-state index >= 15 is 0 Å². The maximum Gasteiger partial charge on any atom is 0.315 e. The molecule has 6 nitrogen and oxygen atoms in total. The van der Waals surface area contributed by atoms with Crippen molar-refractivity contribution in [2.75, 3.05) is 18.0 Å². The van der Waals surface area contributed by atoms with E-state index in [1.54, 1.807) is 6.26 Å². The molecule has 2 amide bonds. The summed E-state index contributed by atoms with van der Waals surface area (Å²) in [4.78, 5) is 18.8. The highest BCUT2D eigenvalue weighted by atomic mass is 16.3. The molecule has 2 aromatic rings. The Labute approximate surface area is 148 Å². The van der Waals surface area contributed by atoms with Crippen LogP contribution in [0.4, 0.5) is 10.6 Å². The second kappa shape index (κ2) is 8.55. The van der Waals surface area contributed by atoms with Crippen molar-refractivity contribution in [2.45, 2.75) is 45.2 Å². The number of carbonyl (C=O) groups is 1. The number of nitrogens with one attached hydrogen (secondary N) is 2. The number of aromatic nitrogens is 1. The van der Waals surface area contributed by atoms with Crippen LogP contribution < -0.4 is 15.5 Å². The summed E-state index contributed by atoms with van der Waals surface area (Å²) in [6.07, 6.45) is 7.94. The molecule has 1 fully saturated rings. The van der Waals surface area contributed by atoms with Gasteiger partial charge in [-0.3, -0.25) is 0 Å². The molecule has 1 saturated heterocycles. The van der Waals surface area contributed by atoms with Gasteiger partial charge in [-0.2, -0.15) is 0 Å². The Balaban J connectivity index is 1.42. The van der Waals surface area contributed by atoms with Crippen molar-refractivity contribution in [3.8, 4) is 0 Å². The molecule has 0 radical (unpaired) electrons. The second-order valence-electron chi connectivity index (χ2n) is 6.58. The molecule has 0 aromatic carbocycles. The number of rotatable bonds is 6. The van der Waals surface area contributed by atoms with E-state index in [1.165, 1.54) is 19.3 Å². The smallest absolute Gasteiger partial charge is 0.315 e. The van der Waals surface area contributed by atoms with Crippen LogP contribution in [-0.2, 0) is 13.0 Å². The zero-order chi connectivity index (χ0) is 17.5. The van der Waals surface area contributed by atoms with Crippen LogP contribution in [0, 0.1) is 0 Å². The minimum atomic E-state index is -0.181. The summed E-state index contributed by atoms with van der Waals surface area (Å²) in [6, 6.07) is 7.65. The van der Waals surface area contributed by atoms with Crippen LogP contribution in [-0.4, -0.2) is 30.1 Å². The van der Waals surface area contributed by atoms with Crippen LogP contribution in [0.5, 0.6) is 0 Å². The Bertz CT molecular complexity index is 649. The molecule has 1 aliphatic rings. The molecule has 3 rings (SSSR count). The van der Waals surface area contributed by atoms with E-state index in [0.29, 0.717) is 13.0 Å². The summed E-state index contributed by atoms with van der Waals surface area (Å²) in [5.74, 6) is 1.89. The number of piperidine rings is 1. The minimum absolute atomic E-state index is 0.00533. The number of carbonyl (C=O) groups excluding carboxylic acids is 1. The highest BCUT2D eigenvalue weighted by Crippen LogP contribution is 2.17. The van der Waals surface area contributed by atoms with E-state index in [2.05, 4.69) is 20.5 Å². The van der Waals surface area contributed by atoms with Crippen molar-refractivity contribution < 1.29 is 9.21 Å². The van der Waals surface area contributed by atoms with E-state index in [-0.39, 0.29) is 12.1 Å². The first-order valence-corrected chi connectivity index (χ1v) is 8.97. The van der Waals surface area contributed by atoms with Gasteiger partial charge in [0.05, 0.1) is 6.26 Å². The average Bonchev–Trinajstić information content (AvgIpc) is 3.14. The topological polar surface area (TPSA) is 70.4 Å². The number of urea groups is 1. The number of furan rings is 1. The van der Waals surface area contributed by atoms with Crippen molar-refractivity contribution in [3.05, 3.63) is 48.0 Å². The average molecular weight is 342 g/mol. The second-order valence-corrected chi connectivity index (χ2v) is 6.58. The van der Waals surface area contributed by atoms with Crippen LogP contribution >= 0.6 is 0 Å². The van der Waals surface area contributed by atoms with E-state index in [0.717, 1.165) is 30.2 Å². The third-order valence-electron chi connectivity index (χ3n) is 4.41. The van der Waals surface area contributed by atoms with Gasteiger partial charge in [-0.25, -0.2) is 9.78 Å². The molecule has 0 saturated carbocycles. The van der Waals surface area contributed by atoms with Gasteiger partial charge in [-0.15, -0.1) is 0 Å². The van der Waals surface area contributed by atoms with Gasteiger partial charge in [0.15, 0.2) is 0 Å². The van der Waals surface area contributed by atoms with Gasteiger partial charge < -0.3 is 20.0 Å². The molecule has 0 bridgehead atoms. The summed E-state index contributed by atoms with van der Waals surface area (Å²) >= 11 is 0. The van der Waals surface area contributed by atoms with E-state index in [1.807, 2.05) is 37.4 Å². The standard InChI is InChI=1S/C19H26N4O2/c1-15(12-17-6-5-11-25-17)22-19(24)21-14-16-7-8-18(20-13-16)23-9-3-2-4-10-23/h5-8,11,13,15H,2-4,9-10,12,14H2,1H3,(H2,21,22,24)/t15-/m1/s1. The third kappa shape index (κ3) is 5.24. The SMILES string of the molecule is C[C@H](Cc1ccco1)NC(=O)NCc1ccc(N2CCCCC2)nc1. The summed E-state index contributed by atoms with van der Waals surface area (Å²) < 4.78 is 5.29. The van der Waals surface area contributed by atoms with Crippen molar-refractivity contribution in [1.82, 2.24) is 15.6 Å². The van der Waals surface area contributed by atoms with Crippen molar-refractivity contribution in [3.63, 3.8) is 0 Å². The lowest BCUT2D eigenvalue weighted by atomic mass is 10.1. The zero-order valence-electron chi connectivity index (χ0n) is 14.7. The molecule has 134 valence electrons. The summed E-state index contributed by atoms with van der Waals surface area (Å²) in [6.45, 7) is 4.59. The molecule has 0 spiro atoms. The fourth-order valence-electron chi connectivity index (χ4n) is 3.07. The number of amides is 2. The fourth-order valence-corrected chi connectivity index (χ4v) is 3.07. The molecule has 1 atom stereocenters. The number of anilines is 1. The predicted octanol–water partition coefficient (Wildman–Crippen LogP) is 3.10. The van der Waals surface area contributed by atoms with E-state index < -0.39 is 0 Å². The lowest BCUT2D eigenvalue weighted by Crippen LogP contribution is -2.41. The number of hydrogen-bond acceptors (Lipinski definition) is 4. The first-order valence-electron chi connectivity index (χ1n) is 8.97. The first-order chi connectivity index (χ1) is 12.2. The molecule has 0 aliphatic carbocycles. The van der Waals surface area contributed by atoms with Gasteiger partial charge in [0.25, 0.3) is 0 Å². The molecule has 25 heavy (non-hydrogen) atoms. The molecular weight excluding hydrogens is 316 g/mol. The first kappa shape index (κ1) is 17.3. The maximum atomic E-state index is 12.0. The number of hydrogen-bond donors (Lipinski definition) is 2. The molecule has 3 heterocycles. The van der Waals surface area contributed by atoms with E-state index in [4.69, 9.17) is 4.42 Å². The van der Waals surface area contributed by atoms with Crippen LogP contribution in [0.3, 0.4) is 0 Å². The van der Waals surface area contributed by atoms with Gasteiger partial charge in [0.2, 0.25) is 0 Å². The Morgan fingerprint density at radius 2 is 2.12 bits per heavy atom. The van der Waals surface area contributed by atoms with Crippen molar-refractivity contribution in [2.24, 2.45) is 0 Å². The Kier molecular flexibility index (Phi) is 5.93. The quantitative estimate of drug-likeness (QED) is 0.846. The van der Waals surface area contributed by atoms with Crippen LogP contribution in [0.25, 0.3) is 0 Å². The van der Waals surface area contributed by atoms with Gasteiger partial charge in [0.1, 0.15) is 11.6 Å². The van der Waals surface area contributed by atoms with Gasteiger partial charge in [0, 0.05) is 38.3 Å². The third-order valence-corrected chi connectivity index (χ3v) is 4.41. The van der Waals surface area contributed by atoms with Crippen molar-refractivity contribution >= 4 is 11.8 Å². The van der Waals surface area contributed by atoms with Gasteiger partial charge in [-0.05, 0) is 49.9 Å². The van der Waals surface area contributed by atoms with E-state index in [9.17, 15) is 4.79 Å². The van der Waals surface area contributed by atoms with Crippen LogP contribution in [0.2, 0.25) is 0 Å². The predicted molar refractivity (Wildman–Crippen MR) is 97.5 cm³/mol. The molecule has 2 aromatic heterocycles. The van der Waals surface area contributed by atoms with Crippen LogP contribution in [0.15, 0.2) is 41.1 Å². The van der Waals surface area contributed by atoms with Crippen molar-refractivity contribution in [1.29, 1.82) is 0 Å².